The first-order chi connectivity index (χ1) is 18.9. The molecule has 1 amide bonds. The van der Waals surface area contributed by atoms with Crippen molar-refractivity contribution in [2.75, 3.05) is 26.2 Å². The van der Waals surface area contributed by atoms with Crippen LogP contribution in [-0.2, 0) is 4.79 Å². The average molecular weight is 596 g/mol. The van der Waals surface area contributed by atoms with E-state index in [4.69, 9.17) is 27.9 Å². The van der Waals surface area contributed by atoms with Gasteiger partial charge in [0.25, 0.3) is 5.91 Å². The number of amides is 1. The Labute approximate surface area is 243 Å². The summed E-state index contributed by atoms with van der Waals surface area (Å²) in [5.41, 5.74) is 1.47. The number of alkyl halides is 1. The normalized spacial score (nSPS) is 23.7. The number of likely N-dealkylation sites (tertiary alicyclic amines) is 2. The first-order valence-corrected chi connectivity index (χ1v) is 14.5. The highest BCUT2D eigenvalue weighted by Crippen LogP contribution is 2.46. The quantitative estimate of drug-likeness (QED) is 0.360. The molecular weight excluding hydrogens is 561 g/mol. The van der Waals surface area contributed by atoms with Crippen LogP contribution in [-0.4, -0.2) is 65.2 Å². The summed E-state index contributed by atoms with van der Waals surface area (Å²) in [5.74, 6) is -2.30. The van der Waals surface area contributed by atoms with E-state index in [0.29, 0.717) is 22.4 Å². The monoisotopic (exact) mass is 594 g/mol. The minimum absolute atomic E-state index is 0.117. The zero-order valence-electron chi connectivity index (χ0n) is 22.6. The lowest BCUT2D eigenvalue weighted by Crippen LogP contribution is -2.42. The van der Waals surface area contributed by atoms with Crippen LogP contribution in [0.25, 0.3) is 0 Å². The van der Waals surface area contributed by atoms with Crippen LogP contribution in [0, 0.1) is 11.2 Å². The van der Waals surface area contributed by atoms with E-state index in [9.17, 15) is 19.1 Å². The van der Waals surface area contributed by atoms with Crippen molar-refractivity contribution < 1.29 is 28.2 Å². The van der Waals surface area contributed by atoms with Crippen LogP contribution in [0.3, 0.4) is 0 Å². The molecule has 1 aliphatic carbocycles. The Bertz CT molecular complexity index is 1280. The van der Waals surface area contributed by atoms with Gasteiger partial charge < -0.3 is 14.7 Å². The van der Waals surface area contributed by atoms with E-state index in [1.807, 2.05) is 12.1 Å². The summed E-state index contributed by atoms with van der Waals surface area (Å²) in [5, 5.41) is 10.7. The van der Waals surface area contributed by atoms with Crippen molar-refractivity contribution in [2.24, 2.45) is 5.41 Å². The van der Waals surface area contributed by atoms with Gasteiger partial charge >= 0.3 is 5.97 Å². The zero-order chi connectivity index (χ0) is 28.8. The first-order valence-electron chi connectivity index (χ1n) is 13.8. The molecule has 6 nitrogen and oxygen atoms in total. The van der Waals surface area contributed by atoms with E-state index in [-0.39, 0.29) is 35.9 Å². The predicted octanol–water partition coefficient (Wildman–Crippen LogP) is 6.89. The summed E-state index contributed by atoms with van der Waals surface area (Å²) in [4.78, 5) is 28.0. The number of piperidine rings is 1. The SMILES string of the molecule is C[C@@H](c1cc(Cl)cc(Cl)c1)N1CCC(C)(COc2cc(F)c(C(=O)N3C[C@H](F)C[C@H]3C(=O)O)cc2C2CC2)CC1. The van der Waals surface area contributed by atoms with Crippen LogP contribution in [0.5, 0.6) is 5.75 Å². The number of benzene rings is 2. The maximum absolute atomic E-state index is 15.3. The van der Waals surface area contributed by atoms with Gasteiger partial charge in [-0.25, -0.2) is 13.6 Å². The Morgan fingerprint density at radius 3 is 2.38 bits per heavy atom. The van der Waals surface area contributed by atoms with Crippen LogP contribution in [0.4, 0.5) is 8.78 Å². The number of carbonyl (C=O) groups excluding carboxylic acids is 1. The third kappa shape index (κ3) is 6.24. The zero-order valence-corrected chi connectivity index (χ0v) is 24.2. The highest BCUT2D eigenvalue weighted by Gasteiger charge is 2.42. The number of hydrogen-bond donors (Lipinski definition) is 1. The Morgan fingerprint density at radius 2 is 1.77 bits per heavy atom. The van der Waals surface area contributed by atoms with Gasteiger partial charge in [0.1, 0.15) is 23.8 Å². The largest absolute Gasteiger partial charge is 0.493 e. The minimum atomic E-state index is -1.45. The van der Waals surface area contributed by atoms with Gasteiger partial charge in [-0.3, -0.25) is 9.69 Å². The molecule has 1 N–H and O–H groups in total. The van der Waals surface area contributed by atoms with E-state index >= 15 is 4.39 Å². The highest BCUT2D eigenvalue weighted by molar-refractivity contribution is 6.34. The predicted molar refractivity (Wildman–Crippen MR) is 150 cm³/mol. The molecule has 5 rings (SSSR count). The summed E-state index contributed by atoms with van der Waals surface area (Å²) in [6.45, 7) is 6.08. The van der Waals surface area contributed by atoms with Crippen LogP contribution in [0.15, 0.2) is 30.3 Å². The summed E-state index contributed by atoms with van der Waals surface area (Å²) in [6, 6.07) is 7.19. The average Bonchev–Trinajstić information content (AvgIpc) is 3.66. The molecule has 0 unspecified atom stereocenters. The maximum Gasteiger partial charge on any atom is 0.326 e. The molecule has 3 aliphatic rings. The van der Waals surface area contributed by atoms with Gasteiger partial charge in [-0.15, -0.1) is 0 Å². The topological polar surface area (TPSA) is 70.1 Å². The molecule has 10 heteroatoms. The summed E-state index contributed by atoms with van der Waals surface area (Å²) in [6.07, 6.45) is 1.85. The molecule has 0 spiro atoms. The number of nitrogens with zero attached hydrogens (tertiary/aromatic N) is 2. The number of carboxylic acids is 1. The minimum Gasteiger partial charge on any atom is -0.493 e. The molecule has 2 heterocycles. The summed E-state index contributed by atoms with van der Waals surface area (Å²) < 4.78 is 35.5. The second-order valence-corrected chi connectivity index (χ2v) is 12.7. The number of hydrogen-bond acceptors (Lipinski definition) is 4. The van der Waals surface area contributed by atoms with Crippen molar-refractivity contribution in [2.45, 2.75) is 70.1 Å². The van der Waals surface area contributed by atoms with Crippen molar-refractivity contribution in [3.8, 4) is 5.75 Å². The van der Waals surface area contributed by atoms with E-state index in [1.165, 1.54) is 12.1 Å². The van der Waals surface area contributed by atoms with Gasteiger partial charge in [-0.1, -0.05) is 30.1 Å². The maximum atomic E-state index is 15.3. The summed E-state index contributed by atoms with van der Waals surface area (Å²) in [7, 11) is 0. The number of aliphatic carboxylic acids is 1. The molecule has 0 aromatic heterocycles. The number of ether oxygens (including phenoxy) is 1. The van der Waals surface area contributed by atoms with Crippen LogP contribution in [0.2, 0.25) is 10.0 Å². The van der Waals surface area contributed by atoms with E-state index in [1.54, 1.807) is 6.07 Å². The van der Waals surface area contributed by atoms with Crippen molar-refractivity contribution >= 4 is 35.1 Å². The molecule has 2 aromatic rings. The fourth-order valence-electron chi connectivity index (χ4n) is 5.85. The van der Waals surface area contributed by atoms with E-state index < -0.39 is 29.9 Å². The Hall–Kier alpha value is -2.42. The Balaban J connectivity index is 1.26. The number of rotatable bonds is 8. The fourth-order valence-corrected chi connectivity index (χ4v) is 6.39. The lowest BCUT2D eigenvalue weighted by atomic mass is 9.80. The van der Waals surface area contributed by atoms with Gasteiger partial charge in [0, 0.05) is 34.0 Å². The van der Waals surface area contributed by atoms with Crippen LogP contribution < -0.4 is 4.74 Å². The van der Waals surface area contributed by atoms with Crippen LogP contribution >= 0.6 is 23.2 Å². The molecule has 0 radical (unpaired) electrons. The van der Waals surface area contributed by atoms with Gasteiger partial charge in [0.2, 0.25) is 0 Å². The van der Waals surface area contributed by atoms with E-state index in [2.05, 4.69) is 18.7 Å². The van der Waals surface area contributed by atoms with Crippen molar-refractivity contribution in [3.05, 3.63) is 62.9 Å². The smallest absolute Gasteiger partial charge is 0.326 e. The number of carbonyl (C=O) groups is 2. The second-order valence-electron chi connectivity index (χ2n) is 11.8. The second kappa shape index (κ2) is 11.5. The summed E-state index contributed by atoms with van der Waals surface area (Å²) >= 11 is 12.4. The molecule has 3 fully saturated rings. The molecule has 2 saturated heterocycles. The number of halogens is 4. The molecule has 0 bridgehead atoms. The van der Waals surface area contributed by atoms with Crippen molar-refractivity contribution in [1.82, 2.24) is 9.80 Å². The molecule has 216 valence electrons. The van der Waals surface area contributed by atoms with Gasteiger partial charge in [0.05, 0.1) is 18.7 Å². The molecule has 3 atom stereocenters. The Morgan fingerprint density at radius 1 is 1.12 bits per heavy atom. The van der Waals surface area contributed by atoms with Gasteiger partial charge in [-0.05, 0) is 87.0 Å². The molecule has 1 saturated carbocycles. The molecule has 2 aromatic carbocycles. The standard InChI is InChI=1S/C30H34Cl2F2N2O4/c1-17(19-9-20(31)11-21(32)10-19)35-7-5-30(2,6-8-35)16-40-27-14-25(34)24(13-23(27)18-3-4-18)28(37)36-15-22(33)12-26(36)29(38)39/h9-11,13-14,17-18,22,26H,3-8,12,15-16H2,1-2H3,(H,38,39)/t17-,22+,26-/m0/s1. The Kier molecular flexibility index (Phi) is 8.33. The first kappa shape index (κ1) is 29.1. The van der Waals surface area contributed by atoms with Gasteiger partial charge in [-0.2, -0.15) is 0 Å². The lowest BCUT2D eigenvalue weighted by molar-refractivity contribution is -0.141. The number of carboxylic acid groups (broad SMARTS) is 1. The van der Waals surface area contributed by atoms with Crippen molar-refractivity contribution in [3.63, 3.8) is 0 Å². The van der Waals surface area contributed by atoms with Crippen LogP contribution in [0.1, 0.15) is 79.4 Å². The molecular formula is C30H34Cl2F2N2O4. The lowest BCUT2D eigenvalue weighted by Gasteiger charge is -2.42. The van der Waals surface area contributed by atoms with Crippen molar-refractivity contribution in [1.29, 1.82) is 0 Å². The fraction of sp³-hybridized carbons (Fsp3) is 0.533. The van der Waals surface area contributed by atoms with Gasteiger partial charge in [0.15, 0.2) is 0 Å². The molecule has 40 heavy (non-hydrogen) atoms. The third-order valence-corrected chi connectivity index (χ3v) is 9.08. The highest BCUT2D eigenvalue weighted by atomic mass is 35.5. The molecule has 2 aliphatic heterocycles. The van der Waals surface area contributed by atoms with E-state index in [0.717, 1.165) is 54.8 Å². The third-order valence-electron chi connectivity index (χ3n) is 8.64.